The number of hydrogen-bond donors (Lipinski definition) is 2. The van der Waals surface area contributed by atoms with Gasteiger partial charge in [-0.15, -0.1) is 0 Å². The van der Waals surface area contributed by atoms with Crippen LogP contribution in [0.25, 0.3) is 6.08 Å². The predicted octanol–water partition coefficient (Wildman–Crippen LogP) is 4.40. The fourth-order valence-corrected chi connectivity index (χ4v) is 2.39. The van der Waals surface area contributed by atoms with Gasteiger partial charge in [0.15, 0.2) is 5.78 Å². The number of ketones is 1. The molecule has 2 aromatic rings. The van der Waals surface area contributed by atoms with E-state index in [9.17, 15) is 15.0 Å². The van der Waals surface area contributed by atoms with Crippen LogP contribution in [0.4, 0.5) is 0 Å². The van der Waals surface area contributed by atoms with Crippen LogP contribution in [0.2, 0.25) is 0 Å². The summed E-state index contributed by atoms with van der Waals surface area (Å²) in [5.74, 6) is 0.720. The fraction of sp³-hybridized carbons (Fsp3) is 0.250. The first-order chi connectivity index (χ1) is 11.3. The average molecular weight is 326 g/mol. The zero-order valence-corrected chi connectivity index (χ0v) is 14.3. The van der Waals surface area contributed by atoms with Crippen molar-refractivity contribution in [2.24, 2.45) is 0 Å². The second-order valence-electron chi connectivity index (χ2n) is 6.00. The zero-order valence-electron chi connectivity index (χ0n) is 14.3. The molecular weight excluding hydrogens is 304 g/mol. The number of aromatic hydroxyl groups is 2. The third kappa shape index (κ3) is 3.96. The topological polar surface area (TPSA) is 66.8 Å². The molecule has 126 valence electrons. The maximum atomic E-state index is 12.2. The minimum Gasteiger partial charge on any atom is -0.508 e. The Hall–Kier alpha value is -2.75. The van der Waals surface area contributed by atoms with Gasteiger partial charge in [-0.25, -0.2) is 0 Å². The summed E-state index contributed by atoms with van der Waals surface area (Å²) in [5.41, 5.74) is 2.60. The molecule has 0 amide bonds. The second kappa shape index (κ2) is 7.21. The van der Waals surface area contributed by atoms with Crippen LogP contribution in [0.1, 0.15) is 40.9 Å². The lowest BCUT2D eigenvalue weighted by atomic mass is 10.0. The molecule has 0 unspecified atom stereocenters. The van der Waals surface area contributed by atoms with Crippen LogP contribution < -0.4 is 4.74 Å². The standard InChI is InChI=1S/C20H22O4/c1-12(2)24-20-14(4)19(23)13(3)11-16(20)7-10-18(22)15-5-8-17(21)9-6-15/h5-12,21,23H,1-4H3/b10-7+. The first-order valence-electron chi connectivity index (χ1n) is 7.81. The van der Waals surface area contributed by atoms with Gasteiger partial charge < -0.3 is 14.9 Å². The van der Waals surface area contributed by atoms with Crippen molar-refractivity contribution >= 4 is 11.9 Å². The van der Waals surface area contributed by atoms with Gasteiger partial charge in [0, 0.05) is 16.7 Å². The molecule has 0 bridgehead atoms. The van der Waals surface area contributed by atoms with E-state index in [1.54, 1.807) is 38.1 Å². The molecule has 0 radical (unpaired) electrons. The van der Waals surface area contributed by atoms with E-state index in [0.29, 0.717) is 16.9 Å². The smallest absolute Gasteiger partial charge is 0.185 e. The van der Waals surface area contributed by atoms with E-state index in [1.807, 2.05) is 13.8 Å². The highest BCUT2D eigenvalue weighted by atomic mass is 16.5. The van der Waals surface area contributed by atoms with E-state index in [-0.39, 0.29) is 23.4 Å². The largest absolute Gasteiger partial charge is 0.508 e. The molecule has 0 aliphatic carbocycles. The Balaban J connectivity index is 2.37. The van der Waals surface area contributed by atoms with Crippen LogP contribution in [0.15, 0.2) is 36.4 Å². The Morgan fingerprint density at radius 3 is 2.33 bits per heavy atom. The van der Waals surface area contributed by atoms with Crippen molar-refractivity contribution in [1.82, 2.24) is 0 Å². The summed E-state index contributed by atoms with van der Waals surface area (Å²) in [6.07, 6.45) is 3.10. The van der Waals surface area contributed by atoms with Gasteiger partial charge in [-0.2, -0.15) is 0 Å². The van der Waals surface area contributed by atoms with Crippen molar-refractivity contribution in [3.8, 4) is 17.2 Å². The minimum atomic E-state index is -0.172. The number of hydrogen-bond acceptors (Lipinski definition) is 4. The molecule has 4 nitrogen and oxygen atoms in total. The normalized spacial score (nSPS) is 11.2. The van der Waals surface area contributed by atoms with Crippen LogP contribution in [0.3, 0.4) is 0 Å². The fourth-order valence-electron chi connectivity index (χ4n) is 2.39. The number of carbonyl (C=O) groups is 1. The molecule has 0 aliphatic heterocycles. The lowest BCUT2D eigenvalue weighted by Gasteiger charge is -2.17. The number of benzene rings is 2. The van der Waals surface area contributed by atoms with Gasteiger partial charge in [-0.05, 0) is 75.7 Å². The molecule has 2 rings (SSSR count). The van der Waals surface area contributed by atoms with Gasteiger partial charge in [0.05, 0.1) is 6.10 Å². The molecule has 24 heavy (non-hydrogen) atoms. The Kier molecular flexibility index (Phi) is 5.29. The van der Waals surface area contributed by atoms with Crippen molar-refractivity contribution < 1.29 is 19.7 Å². The summed E-state index contributed by atoms with van der Waals surface area (Å²) in [4.78, 5) is 12.2. The van der Waals surface area contributed by atoms with Crippen LogP contribution in [-0.4, -0.2) is 22.1 Å². The van der Waals surface area contributed by atoms with Gasteiger partial charge in [0.25, 0.3) is 0 Å². The quantitative estimate of drug-likeness (QED) is 0.631. The third-order valence-electron chi connectivity index (χ3n) is 3.62. The van der Waals surface area contributed by atoms with Crippen molar-refractivity contribution in [3.63, 3.8) is 0 Å². The van der Waals surface area contributed by atoms with E-state index in [2.05, 4.69) is 0 Å². The van der Waals surface area contributed by atoms with E-state index in [1.165, 1.54) is 18.2 Å². The molecule has 0 spiro atoms. The van der Waals surface area contributed by atoms with E-state index in [4.69, 9.17) is 4.74 Å². The van der Waals surface area contributed by atoms with Crippen LogP contribution in [0.5, 0.6) is 17.2 Å². The molecule has 0 aromatic heterocycles. The van der Waals surface area contributed by atoms with E-state index >= 15 is 0 Å². The van der Waals surface area contributed by atoms with Gasteiger partial charge >= 0.3 is 0 Å². The van der Waals surface area contributed by atoms with E-state index < -0.39 is 0 Å². The maximum absolute atomic E-state index is 12.2. The first kappa shape index (κ1) is 17.6. The highest BCUT2D eigenvalue weighted by Crippen LogP contribution is 2.35. The van der Waals surface area contributed by atoms with Gasteiger partial charge in [-0.1, -0.05) is 0 Å². The number of phenols is 2. The molecule has 0 saturated heterocycles. The number of rotatable bonds is 5. The summed E-state index contributed by atoms with van der Waals surface area (Å²) in [6.45, 7) is 7.41. The SMILES string of the molecule is Cc1cc(/C=C/C(=O)c2ccc(O)cc2)c(OC(C)C)c(C)c1O. The molecule has 4 heteroatoms. The summed E-state index contributed by atoms with van der Waals surface area (Å²) in [5, 5.41) is 19.4. The average Bonchev–Trinajstić information content (AvgIpc) is 2.54. The summed E-state index contributed by atoms with van der Waals surface area (Å²) < 4.78 is 5.81. The number of carbonyl (C=O) groups excluding carboxylic acids is 1. The molecule has 0 atom stereocenters. The van der Waals surface area contributed by atoms with Crippen LogP contribution in [0, 0.1) is 13.8 Å². The highest BCUT2D eigenvalue weighted by molar-refractivity contribution is 6.07. The van der Waals surface area contributed by atoms with Crippen LogP contribution in [-0.2, 0) is 0 Å². The molecule has 0 aliphatic rings. The summed E-state index contributed by atoms with van der Waals surface area (Å²) in [7, 11) is 0. The second-order valence-corrected chi connectivity index (χ2v) is 6.00. The zero-order chi connectivity index (χ0) is 17.9. The van der Waals surface area contributed by atoms with Crippen molar-refractivity contribution in [2.45, 2.75) is 33.8 Å². The highest BCUT2D eigenvalue weighted by Gasteiger charge is 2.14. The Morgan fingerprint density at radius 2 is 1.75 bits per heavy atom. The van der Waals surface area contributed by atoms with E-state index in [0.717, 1.165) is 11.1 Å². The third-order valence-corrected chi connectivity index (χ3v) is 3.62. The van der Waals surface area contributed by atoms with Crippen molar-refractivity contribution in [3.05, 3.63) is 58.7 Å². The molecule has 0 saturated carbocycles. The molecule has 2 N–H and O–H groups in total. The van der Waals surface area contributed by atoms with Gasteiger partial charge in [0.2, 0.25) is 0 Å². The summed E-state index contributed by atoms with van der Waals surface area (Å²) >= 11 is 0. The molecular formula is C20H22O4. The first-order valence-corrected chi connectivity index (χ1v) is 7.81. The molecule has 0 heterocycles. The number of aryl methyl sites for hydroxylation is 1. The Bertz CT molecular complexity index is 771. The van der Waals surface area contributed by atoms with Crippen molar-refractivity contribution in [1.29, 1.82) is 0 Å². The number of ether oxygens (including phenoxy) is 1. The van der Waals surface area contributed by atoms with Gasteiger partial charge in [0.1, 0.15) is 17.2 Å². The predicted molar refractivity (Wildman–Crippen MR) is 94.8 cm³/mol. The number of phenolic OH excluding ortho intramolecular Hbond substituents is 2. The number of allylic oxidation sites excluding steroid dienone is 1. The maximum Gasteiger partial charge on any atom is 0.185 e. The Morgan fingerprint density at radius 1 is 1.12 bits per heavy atom. The lowest BCUT2D eigenvalue weighted by Crippen LogP contribution is -2.08. The monoisotopic (exact) mass is 326 g/mol. The Labute approximate surface area is 142 Å². The van der Waals surface area contributed by atoms with Crippen molar-refractivity contribution in [2.75, 3.05) is 0 Å². The summed E-state index contributed by atoms with van der Waals surface area (Å²) in [6, 6.07) is 7.88. The minimum absolute atomic E-state index is 0.0502. The van der Waals surface area contributed by atoms with Crippen LogP contribution >= 0.6 is 0 Å². The lowest BCUT2D eigenvalue weighted by molar-refractivity contribution is 0.104. The molecule has 0 fully saturated rings. The molecule has 2 aromatic carbocycles. The van der Waals surface area contributed by atoms with Gasteiger partial charge in [-0.3, -0.25) is 4.79 Å².